The Morgan fingerprint density at radius 2 is 2.05 bits per heavy atom. The second kappa shape index (κ2) is 5.11. The molecule has 4 rings (SSSR count). The lowest BCUT2D eigenvalue weighted by molar-refractivity contribution is -0.138. The number of fused-ring (bicyclic) bond motifs is 2. The molecule has 0 radical (unpaired) electrons. The summed E-state index contributed by atoms with van der Waals surface area (Å²) >= 11 is 0. The van der Waals surface area contributed by atoms with Gasteiger partial charge in [-0.3, -0.25) is 4.79 Å². The average Bonchev–Trinajstić information content (AvgIpc) is 3.10. The molecule has 112 valence electrons. The van der Waals surface area contributed by atoms with Gasteiger partial charge in [-0.1, -0.05) is 18.6 Å². The van der Waals surface area contributed by atoms with E-state index in [0.29, 0.717) is 24.4 Å². The molecular formula is C18H22FNO. The van der Waals surface area contributed by atoms with E-state index < -0.39 is 0 Å². The van der Waals surface area contributed by atoms with Crippen LogP contribution in [0.3, 0.4) is 0 Å². The summed E-state index contributed by atoms with van der Waals surface area (Å²) in [5.41, 5.74) is 0.915. The van der Waals surface area contributed by atoms with E-state index in [1.54, 1.807) is 12.1 Å². The van der Waals surface area contributed by atoms with E-state index in [2.05, 4.69) is 0 Å². The highest BCUT2D eigenvalue weighted by Gasteiger charge is 2.46. The highest BCUT2D eigenvalue weighted by Crippen LogP contribution is 2.49. The third-order valence-corrected chi connectivity index (χ3v) is 5.57. The molecule has 3 saturated carbocycles. The van der Waals surface area contributed by atoms with Crippen molar-refractivity contribution in [3.05, 3.63) is 35.6 Å². The van der Waals surface area contributed by atoms with Gasteiger partial charge in [-0.25, -0.2) is 4.39 Å². The maximum atomic E-state index is 13.4. The third kappa shape index (κ3) is 2.58. The van der Waals surface area contributed by atoms with Crippen LogP contribution in [0.2, 0.25) is 0 Å². The largest absolute Gasteiger partial charge is 0.335 e. The molecule has 0 heterocycles. The molecule has 3 atom stereocenters. The normalized spacial score (nSPS) is 30.6. The van der Waals surface area contributed by atoms with Gasteiger partial charge in [0.25, 0.3) is 0 Å². The number of rotatable bonds is 4. The Kier molecular flexibility index (Phi) is 3.24. The van der Waals surface area contributed by atoms with Crippen LogP contribution < -0.4 is 0 Å². The molecule has 3 unspecified atom stereocenters. The number of carbonyl (C=O) groups excluding carboxylic acids is 1. The Labute approximate surface area is 125 Å². The van der Waals surface area contributed by atoms with Crippen molar-refractivity contribution < 1.29 is 9.18 Å². The number of hydrogen-bond donors (Lipinski definition) is 0. The fourth-order valence-electron chi connectivity index (χ4n) is 4.37. The first-order valence-corrected chi connectivity index (χ1v) is 8.25. The van der Waals surface area contributed by atoms with Gasteiger partial charge < -0.3 is 4.90 Å². The van der Waals surface area contributed by atoms with Crippen LogP contribution >= 0.6 is 0 Å². The van der Waals surface area contributed by atoms with Crippen molar-refractivity contribution in [3.63, 3.8) is 0 Å². The molecule has 3 aliphatic rings. The van der Waals surface area contributed by atoms with Crippen molar-refractivity contribution in [3.8, 4) is 0 Å². The molecule has 3 aliphatic carbocycles. The zero-order chi connectivity index (χ0) is 14.4. The lowest BCUT2D eigenvalue weighted by atomic mass is 9.87. The fourth-order valence-corrected chi connectivity index (χ4v) is 4.37. The Morgan fingerprint density at radius 1 is 1.19 bits per heavy atom. The van der Waals surface area contributed by atoms with Gasteiger partial charge in [-0.05, 0) is 61.6 Å². The Balaban J connectivity index is 1.50. The molecule has 0 aliphatic heterocycles. The van der Waals surface area contributed by atoms with Gasteiger partial charge in [0.15, 0.2) is 0 Å². The Hall–Kier alpha value is -1.38. The first-order valence-electron chi connectivity index (χ1n) is 8.25. The fraction of sp³-hybridized carbons (Fsp3) is 0.611. The molecule has 1 amide bonds. The van der Waals surface area contributed by atoms with Crippen LogP contribution in [0.4, 0.5) is 4.39 Å². The summed E-state index contributed by atoms with van der Waals surface area (Å²) in [7, 11) is 0. The predicted octanol–water partition coefficient (Wildman–Crippen LogP) is 3.75. The minimum Gasteiger partial charge on any atom is -0.335 e. The number of nitrogens with zero attached hydrogens (tertiary/aromatic N) is 1. The second-order valence-electron chi connectivity index (χ2n) is 7.11. The average molecular weight is 287 g/mol. The zero-order valence-corrected chi connectivity index (χ0v) is 12.3. The van der Waals surface area contributed by atoms with Gasteiger partial charge in [-0.2, -0.15) is 0 Å². The predicted molar refractivity (Wildman–Crippen MR) is 78.9 cm³/mol. The van der Waals surface area contributed by atoms with Crippen molar-refractivity contribution >= 4 is 5.91 Å². The first-order chi connectivity index (χ1) is 10.2. The maximum absolute atomic E-state index is 13.4. The summed E-state index contributed by atoms with van der Waals surface area (Å²) in [6.07, 6.45) is 7.13. The third-order valence-electron chi connectivity index (χ3n) is 5.57. The minimum absolute atomic E-state index is 0.212. The molecule has 0 spiro atoms. The maximum Gasteiger partial charge on any atom is 0.226 e. The molecule has 0 saturated heterocycles. The Morgan fingerprint density at radius 3 is 2.67 bits per heavy atom. The minimum atomic E-state index is -0.212. The standard InChI is InChI=1S/C18H22FNO/c19-15-3-1-2-13(9-15)11-20(16-6-7-16)18(21)17-10-12-4-5-14(17)8-12/h1-3,9,12,14,16-17H,4-8,10-11H2. The van der Waals surface area contributed by atoms with Crippen molar-refractivity contribution in [1.82, 2.24) is 4.90 Å². The first kappa shape index (κ1) is 13.3. The van der Waals surface area contributed by atoms with E-state index in [1.165, 1.54) is 25.3 Å². The van der Waals surface area contributed by atoms with E-state index in [-0.39, 0.29) is 11.7 Å². The van der Waals surface area contributed by atoms with Crippen LogP contribution in [-0.2, 0) is 11.3 Å². The van der Waals surface area contributed by atoms with E-state index in [0.717, 1.165) is 30.7 Å². The monoisotopic (exact) mass is 287 g/mol. The molecule has 2 bridgehead atoms. The molecule has 0 N–H and O–H groups in total. The van der Waals surface area contributed by atoms with Crippen LogP contribution in [0.1, 0.15) is 44.1 Å². The quantitative estimate of drug-likeness (QED) is 0.826. The summed E-state index contributed by atoms with van der Waals surface area (Å²) < 4.78 is 13.4. The van der Waals surface area contributed by atoms with Crippen molar-refractivity contribution in [2.45, 2.75) is 51.1 Å². The van der Waals surface area contributed by atoms with E-state index in [4.69, 9.17) is 0 Å². The molecule has 3 heteroatoms. The van der Waals surface area contributed by atoms with Gasteiger partial charge in [0.05, 0.1) is 0 Å². The summed E-state index contributed by atoms with van der Waals surface area (Å²) in [5.74, 6) is 1.79. The molecule has 3 fully saturated rings. The van der Waals surface area contributed by atoms with Crippen molar-refractivity contribution in [2.75, 3.05) is 0 Å². The van der Waals surface area contributed by atoms with Gasteiger partial charge in [0, 0.05) is 18.5 Å². The van der Waals surface area contributed by atoms with Crippen LogP contribution in [0.5, 0.6) is 0 Å². The van der Waals surface area contributed by atoms with Crippen LogP contribution in [0.25, 0.3) is 0 Å². The second-order valence-corrected chi connectivity index (χ2v) is 7.11. The Bertz CT molecular complexity index is 554. The molecule has 21 heavy (non-hydrogen) atoms. The smallest absolute Gasteiger partial charge is 0.226 e. The van der Waals surface area contributed by atoms with Crippen LogP contribution in [0, 0.1) is 23.6 Å². The van der Waals surface area contributed by atoms with E-state index in [9.17, 15) is 9.18 Å². The van der Waals surface area contributed by atoms with Crippen LogP contribution in [-0.4, -0.2) is 16.8 Å². The van der Waals surface area contributed by atoms with Crippen LogP contribution in [0.15, 0.2) is 24.3 Å². The molecule has 0 aromatic heterocycles. The van der Waals surface area contributed by atoms with Gasteiger partial charge in [0.1, 0.15) is 5.82 Å². The van der Waals surface area contributed by atoms with E-state index in [1.807, 2.05) is 11.0 Å². The lowest BCUT2D eigenvalue weighted by Gasteiger charge is -2.29. The van der Waals surface area contributed by atoms with Crippen molar-refractivity contribution in [1.29, 1.82) is 0 Å². The summed E-state index contributed by atoms with van der Waals surface area (Å²) in [4.78, 5) is 15.0. The molecule has 2 nitrogen and oxygen atoms in total. The van der Waals surface area contributed by atoms with Gasteiger partial charge >= 0.3 is 0 Å². The van der Waals surface area contributed by atoms with Gasteiger partial charge in [-0.15, -0.1) is 0 Å². The highest BCUT2D eigenvalue weighted by atomic mass is 19.1. The number of amides is 1. The number of halogens is 1. The number of hydrogen-bond acceptors (Lipinski definition) is 1. The summed E-state index contributed by atoms with van der Waals surface area (Å²) in [5, 5.41) is 0. The molecule has 1 aromatic rings. The molecule has 1 aromatic carbocycles. The van der Waals surface area contributed by atoms with Gasteiger partial charge in [0.2, 0.25) is 5.91 Å². The topological polar surface area (TPSA) is 20.3 Å². The summed E-state index contributed by atoms with van der Waals surface area (Å²) in [6.45, 7) is 0.579. The van der Waals surface area contributed by atoms with E-state index >= 15 is 0 Å². The highest BCUT2D eigenvalue weighted by molar-refractivity contribution is 5.80. The zero-order valence-electron chi connectivity index (χ0n) is 12.3. The molecular weight excluding hydrogens is 265 g/mol. The van der Waals surface area contributed by atoms with Crippen molar-refractivity contribution in [2.24, 2.45) is 17.8 Å². The number of carbonyl (C=O) groups is 1. The lowest BCUT2D eigenvalue weighted by Crippen LogP contribution is -2.39. The number of benzene rings is 1. The SMILES string of the molecule is O=C(C1CC2CCC1C2)N(Cc1cccc(F)c1)C1CC1. The summed E-state index contributed by atoms with van der Waals surface area (Å²) in [6, 6.07) is 7.08.